The molecule has 0 saturated carbocycles. The first-order valence-electron chi connectivity index (χ1n) is 6.35. The summed E-state index contributed by atoms with van der Waals surface area (Å²) in [6.07, 6.45) is 3.72. The number of aromatic nitrogens is 2. The Hall–Kier alpha value is -1.40. The van der Waals surface area contributed by atoms with Crippen LogP contribution in [0.3, 0.4) is 0 Å². The first kappa shape index (κ1) is 14.0. The highest BCUT2D eigenvalue weighted by Gasteiger charge is 2.12. The molecule has 1 N–H and O–H groups in total. The first-order chi connectivity index (χ1) is 9.07. The van der Waals surface area contributed by atoms with Crippen molar-refractivity contribution in [2.75, 3.05) is 18.6 Å². The second-order valence-corrected chi connectivity index (χ2v) is 6.96. The standard InChI is InChI=1S/C13H19N3O2S/c1-3-19(17,18)8-7-16-10-11(9-14-2)12-5-4-6-15-13(12)16/h4-6,10,14H,3,7-9H2,1-2H3. The summed E-state index contributed by atoms with van der Waals surface area (Å²) in [5.74, 6) is 0.339. The Labute approximate surface area is 113 Å². The van der Waals surface area contributed by atoms with Gasteiger partial charge >= 0.3 is 0 Å². The molecule has 0 aliphatic heterocycles. The maximum Gasteiger partial charge on any atom is 0.151 e. The molecule has 2 heterocycles. The zero-order chi connectivity index (χ0) is 13.9. The van der Waals surface area contributed by atoms with Crippen molar-refractivity contribution >= 4 is 20.9 Å². The molecule has 6 heteroatoms. The van der Waals surface area contributed by atoms with E-state index in [1.165, 1.54) is 0 Å². The largest absolute Gasteiger partial charge is 0.331 e. The smallest absolute Gasteiger partial charge is 0.151 e. The summed E-state index contributed by atoms with van der Waals surface area (Å²) in [7, 11) is -1.06. The quantitative estimate of drug-likeness (QED) is 0.864. The molecule has 2 aromatic heterocycles. The maximum absolute atomic E-state index is 11.6. The number of fused-ring (bicyclic) bond motifs is 1. The molecule has 2 aromatic rings. The number of sulfone groups is 1. The monoisotopic (exact) mass is 281 g/mol. The Morgan fingerprint density at radius 2 is 2.21 bits per heavy atom. The molecule has 0 amide bonds. The molecule has 104 valence electrons. The minimum absolute atomic E-state index is 0.156. The van der Waals surface area contributed by atoms with Gasteiger partial charge in [-0.05, 0) is 24.7 Å². The second kappa shape index (κ2) is 5.71. The van der Waals surface area contributed by atoms with Crippen molar-refractivity contribution in [1.29, 1.82) is 0 Å². The summed E-state index contributed by atoms with van der Waals surface area (Å²) in [4.78, 5) is 4.35. The molecule has 0 unspecified atom stereocenters. The molecular weight excluding hydrogens is 262 g/mol. The van der Waals surface area contributed by atoms with Crippen molar-refractivity contribution in [3.8, 4) is 0 Å². The number of rotatable bonds is 6. The maximum atomic E-state index is 11.6. The Kier molecular flexibility index (Phi) is 4.21. The van der Waals surface area contributed by atoms with Crippen LogP contribution >= 0.6 is 0 Å². The topological polar surface area (TPSA) is 64.0 Å². The minimum atomic E-state index is -2.95. The highest BCUT2D eigenvalue weighted by Crippen LogP contribution is 2.19. The van der Waals surface area contributed by atoms with Crippen LogP contribution in [0.1, 0.15) is 12.5 Å². The molecule has 2 rings (SSSR count). The van der Waals surface area contributed by atoms with Crippen molar-refractivity contribution in [2.24, 2.45) is 0 Å². The van der Waals surface area contributed by atoms with Gasteiger partial charge in [0.05, 0.1) is 5.75 Å². The van der Waals surface area contributed by atoms with E-state index in [2.05, 4.69) is 10.3 Å². The van der Waals surface area contributed by atoms with Crippen LogP contribution in [0, 0.1) is 0 Å². The van der Waals surface area contributed by atoms with Gasteiger partial charge in [-0.15, -0.1) is 0 Å². The average molecular weight is 281 g/mol. The third-order valence-corrected chi connectivity index (χ3v) is 4.85. The van der Waals surface area contributed by atoms with E-state index in [1.54, 1.807) is 13.1 Å². The highest BCUT2D eigenvalue weighted by atomic mass is 32.2. The predicted molar refractivity (Wildman–Crippen MR) is 76.8 cm³/mol. The molecular formula is C13H19N3O2S. The molecule has 0 fully saturated rings. The lowest BCUT2D eigenvalue weighted by Gasteiger charge is -2.04. The van der Waals surface area contributed by atoms with E-state index in [4.69, 9.17) is 0 Å². The lowest BCUT2D eigenvalue weighted by Crippen LogP contribution is -2.14. The van der Waals surface area contributed by atoms with Crippen molar-refractivity contribution in [3.63, 3.8) is 0 Å². The summed E-state index contributed by atoms with van der Waals surface area (Å²) in [6.45, 7) is 2.87. The normalized spacial score (nSPS) is 12.1. The van der Waals surface area contributed by atoms with Crippen molar-refractivity contribution in [1.82, 2.24) is 14.9 Å². The summed E-state index contributed by atoms with van der Waals surface area (Å²) < 4.78 is 25.1. The molecule has 0 aromatic carbocycles. The summed E-state index contributed by atoms with van der Waals surface area (Å²) in [5.41, 5.74) is 1.98. The van der Waals surface area contributed by atoms with E-state index in [9.17, 15) is 8.42 Å². The number of pyridine rings is 1. The molecule has 19 heavy (non-hydrogen) atoms. The number of nitrogens with zero attached hydrogens (tertiary/aromatic N) is 2. The lowest BCUT2D eigenvalue weighted by atomic mass is 10.2. The first-order valence-corrected chi connectivity index (χ1v) is 8.17. The Bertz CT molecular complexity index is 662. The Morgan fingerprint density at radius 3 is 2.89 bits per heavy atom. The van der Waals surface area contributed by atoms with Crippen LogP contribution in [0.2, 0.25) is 0 Å². The SMILES string of the molecule is CCS(=O)(=O)CCn1cc(CNC)c2cccnc21. The van der Waals surface area contributed by atoms with E-state index in [0.717, 1.165) is 23.1 Å². The van der Waals surface area contributed by atoms with Crippen molar-refractivity contribution in [3.05, 3.63) is 30.1 Å². The van der Waals surface area contributed by atoms with Gasteiger partial charge in [0.25, 0.3) is 0 Å². The van der Waals surface area contributed by atoms with Crippen LogP contribution < -0.4 is 5.32 Å². The zero-order valence-electron chi connectivity index (χ0n) is 11.3. The van der Waals surface area contributed by atoms with Gasteiger partial charge < -0.3 is 9.88 Å². The van der Waals surface area contributed by atoms with Gasteiger partial charge in [0.1, 0.15) is 5.65 Å². The van der Waals surface area contributed by atoms with Gasteiger partial charge in [-0.2, -0.15) is 0 Å². The van der Waals surface area contributed by atoms with E-state index in [0.29, 0.717) is 6.54 Å². The molecule has 0 aliphatic carbocycles. The number of aryl methyl sites for hydroxylation is 1. The number of hydrogen-bond acceptors (Lipinski definition) is 4. The van der Waals surface area contributed by atoms with Gasteiger partial charge in [-0.25, -0.2) is 13.4 Å². The molecule has 0 atom stereocenters. The van der Waals surface area contributed by atoms with Crippen LogP contribution in [0.4, 0.5) is 0 Å². The van der Waals surface area contributed by atoms with Crippen LogP contribution in [0.25, 0.3) is 11.0 Å². The van der Waals surface area contributed by atoms with Gasteiger partial charge in [0.2, 0.25) is 0 Å². The van der Waals surface area contributed by atoms with Gasteiger partial charge in [-0.3, -0.25) is 0 Å². The highest BCUT2D eigenvalue weighted by molar-refractivity contribution is 7.91. The van der Waals surface area contributed by atoms with Gasteiger partial charge in [0, 0.05) is 36.6 Å². The third-order valence-electron chi connectivity index (χ3n) is 3.17. The fourth-order valence-corrected chi connectivity index (χ4v) is 2.84. The zero-order valence-corrected chi connectivity index (χ0v) is 12.1. The van der Waals surface area contributed by atoms with Crippen molar-refractivity contribution < 1.29 is 8.42 Å². The second-order valence-electron chi connectivity index (χ2n) is 4.49. The number of hydrogen-bond donors (Lipinski definition) is 1. The molecule has 0 bridgehead atoms. The summed E-state index contributed by atoms with van der Waals surface area (Å²) in [6, 6.07) is 3.91. The van der Waals surface area contributed by atoms with E-state index < -0.39 is 9.84 Å². The number of nitrogens with one attached hydrogen (secondary N) is 1. The van der Waals surface area contributed by atoms with E-state index in [1.807, 2.05) is 29.9 Å². The molecule has 0 spiro atoms. The lowest BCUT2D eigenvalue weighted by molar-refractivity contribution is 0.591. The van der Waals surface area contributed by atoms with Crippen molar-refractivity contribution in [2.45, 2.75) is 20.0 Å². The fraction of sp³-hybridized carbons (Fsp3) is 0.462. The van der Waals surface area contributed by atoms with E-state index in [-0.39, 0.29) is 11.5 Å². The van der Waals surface area contributed by atoms with Crippen LogP contribution in [0.5, 0.6) is 0 Å². The average Bonchev–Trinajstić information content (AvgIpc) is 2.76. The Morgan fingerprint density at radius 1 is 1.42 bits per heavy atom. The van der Waals surface area contributed by atoms with Gasteiger partial charge in [0.15, 0.2) is 9.84 Å². The van der Waals surface area contributed by atoms with Crippen LogP contribution in [-0.4, -0.2) is 36.5 Å². The summed E-state index contributed by atoms with van der Waals surface area (Å²) >= 11 is 0. The van der Waals surface area contributed by atoms with Crippen LogP contribution in [0.15, 0.2) is 24.5 Å². The van der Waals surface area contributed by atoms with E-state index >= 15 is 0 Å². The molecule has 0 radical (unpaired) electrons. The van der Waals surface area contributed by atoms with Crippen LogP contribution in [-0.2, 0) is 22.9 Å². The summed E-state index contributed by atoms with van der Waals surface area (Å²) in [5, 5.41) is 4.19. The fourth-order valence-electron chi connectivity index (χ4n) is 2.08. The third kappa shape index (κ3) is 3.13. The molecule has 0 saturated heterocycles. The predicted octanol–water partition coefficient (Wildman–Crippen LogP) is 1.19. The molecule has 0 aliphatic rings. The van der Waals surface area contributed by atoms with Gasteiger partial charge in [-0.1, -0.05) is 6.92 Å². The Balaban J connectivity index is 2.33. The molecule has 5 nitrogen and oxygen atoms in total. The minimum Gasteiger partial charge on any atom is -0.331 e.